The van der Waals surface area contributed by atoms with Crippen LogP contribution in [0.4, 0.5) is 15.8 Å². The molecule has 0 atom stereocenters. The lowest BCUT2D eigenvalue weighted by molar-refractivity contribution is -0.385. The zero-order chi connectivity index (χ0) is 20.7. The first kappa shape index (κ1) is 20.6. The van der Waals surface area contributed by atoms with Gasteiger partial charge in [-0.3, -0.25) is 14.9 Å². The second-order valence-corrected chi connectivity index (χ2v) is 5.34. The smallest absolute Gasteiger partial charge is 0.345 e. The monoisotopic (exact) mass is 392 g/mol. The van der Waals surface area contributed by atoms with Crippen LogP contribution in [0.2, 0.25) is 0 Å². The minimum Gasteiger partial charge on any atom is -0.493 e. The van der Waals surface area contributed by atoms with Crippen molar-refractivity contribution >= 4 is 23.3 Å². The molecule has 0 saturated heterocycles. The number of nitrogens with zero attached hydrogens (tertiary/aromatic N) is 1. The van der Waals surface area contributed by atoms with Gasteiger partial charge in [0.25, 0.3) is 11.6 Å². The summed E-state index contributed by atoms with van der Waals surface area (Å²) in [6.45, 7) is 1.23. The van der Waals surface area contributed by atoms with Crippen LogP contribution in [0.3, 0.4) is 0 Å². The lowest BCUT2D eigenvalue weighted by Crippen LogP contribution is -2.21. The van der Waals surface area contributed by atoms with Gasteiger partial charge in [-0.25, -0.2) is 9.18 Å². The molecule has 0 spiro atoms. The number of nitro benzene ring substituents is 1. The summed E-state index contributed by atoms with van der Waals surface area (Å²) >= 11 is 0. The molecule has 10 heteroatoms. The van der Waals surface area contributed by atoms with Gasteiger partial charge in [0, 0.05) is 11.8 Å². The first-order valence-electron chi connectivity index (χ1n) is 8.07. The summed E-state index contributed by atoms with van der Waals surface area (Å²) in [6, 6.07) is 7.13. The van der Waals surface area contributed by atoms with E-state index in [9.17, 15) is 24.1 Å². The Hall–Kier alpha value is -3.69. The molecular formula is C18H17FN2O7. The SMILES string of the molecule is CCOc1cc([N+](=O)[O-])c(C(=O)OCC(=O)Nc2ccc(F)cc2)cc1OC. The molecule has 0 aliphatic heterocycles. The van der Waals surface area contributed by atoms with Crippen molar-refractivity contribution in [3.63, 3.8) is 0 Å². The predicted octanol–water partition coefficient (Wildman–Crippen LogP) is 2.94. The fraction of sp³-hybridized carbons (Fsp3) is 0.222. The van der Waals surface area contributed by atoms with Crippen LogP contribution >= 0.6 is 0 Å². The zero-order valence-corrected chi connectivity index (χ0v) is 15.1. The Balaban J connectivity index is 2.12. The summed E-state index contributed by atoms with van der Waals surface area (Å²) in [4.78, 5) is 34.6. The molecule has 0 unspecified atom stereocenters. The highest BCUT2D eigenvalue weighted by Gasteiger charge is 2.26. The summed E-state index contributed by atoms with van der Waals surface area (Å²) in [5.41, 5.74) is -0.635. The van der Waals surface area contributed by atoms with Gasteiger partial charge in [-0.15, -0.1) is 0 Å². The van der Waals surface area contributed by atoms with E-state index < -0.39 is 34.9 Å². The van der Waals surface area contributed by atoms with Crippen LogP contribution in [0.15, 0.2) is 36.4 Å². The first-order valence-corrected chi connectivity index (χ1v) is 8.07. The van der Waals surface area contributed by atoms with E-state index in [0.29, 0.717) is 5.69 Å². The van der Waals surface area contributed by atoms with Gasteiger partial charge in [0.2, 0.25) is 0 Å². The number of nitrogens with one attached hydrogen (secondary N) is 1. The summed E-state index contributed by atoms with van der Waals surface area (Å²) in [5.74, 6) is -2.04. The Bertz CT molecular complexity index is 884. The van der Waals surface area contributed by atoms with Crippen molar-refractivity contribution in [3.05, 3.63) is 57.9 Å². The Labute approximate surface area is 159 Å². The van der Waals surface area contributed by atoms with Crippen LogP contribution in [0.5, 0.6) is 11.5 Å². The van der Waals surface area contributed by atoms with E-state index in [1.54, 1.807) is 6.92 Å². The maximum Gasteiger partial charge on any atom is 0.345 e. The molecule has 28 heavy (non-hydrogen) atoms. The second kappa shape index (κ2) is 9.31. The van der Waals surface area contributed by atoms with E-state index in [4.69, 9.17) is 14.2 Å². The minimum atomic E-state index is -1.08. The topological polar surface area (TPSA) is 117 Å². The lowest BCUT2D eigenvalue weighted by Gasteiger charge is -2.11. The van der Waals surface area contributed by atoms with E-state index in [-0.39, 0.29) is 23.7 Å². The van der Waals surface area contributed by atoms with Crippen LogP contribution in [0.25, 0.3) is 0 Å². The first-order chi connectivity index (χ1) is 13.3. The largest absolute Gasteiger partial charge is 0.493 e. The second-order valence-electron chi connectivity index (χ2n) is 5.34. The van der Waals surface area contributed by atoms with Crippen molar-refractivity contribution in [2.75, 3.05) is 25.6 Å². The summed E-state index contributed by atoms with van der Waals surface area (Å²) < 4.78 is 28.0. The number of hydrogen-bond acceptors (Lipinski definition) is 7. The molecule has 2 aromatic carbocycles. The molecule has 0 heterocycles. The zero-order valence-electron chi connectivity index (χ0n) is 15.1. The quantitative estimate of drug-likeness (QED) is 0.417. The van der Waals surface area contributed by atoms with E-state index in [0.717, 1.165) is 24.3 Å². The molecule has 0 aliphatic carbocycles. The molecule has 0 fully saturated rings. The lowest BCUT2D eigenvalue weighted by atomic mass is 10.1. The highest BCUT2D eigenvalue weighted by Crippen LogP contribution is 2.35. The Morgan fingerprint density at radius 2 is 1.86 bits per heavy atom. The van der Waals surface area contributed by atoms with E-state index in [2.05, 4.69) is 5.32 Å². The van der Waals surface area contributed by atoms with Crippen LogP contribution in [0, 0.1) is 15.9 Å². The maximum absolute atomic E-state index is 12.9. The van der Waals surface area contributed by atoms with Crippen molar-refractivity contribution in [2.24, 2.45) is 0 Å². The minimum absolute atomic E-state index is 0.0994. The molecule has 1 amide bonds. The van der Waals surface area contributed by atoms with Crippen LogP contribution in [0.1, 0.15) is 17.3 Å². The van der Waals surface area contributed by atoms with Gasteiger partial charge >= 0.3 is 5.97 Å². The predicted molar refractivity (Wildman–Crippen MR) is 96.1 cm³/mol. The molecule has 9 nitrogen and oxygen atoms in total. The maximum atomic E-state index is 12.9. The Morgan fingerprint density at radius 3 is 2.43 bits per heavy atom. The fourth-order valence-electron chi connectivity index (χ4n) is 2.23. The van der Waals surface area contributed by atoms with E-state index >= 15 is 0 Å². The molecule has 0 saturated carbocycles. The molecule has 1 N–H and O–H groups in total. The van der Waals surface area contributed by atoms with Crippen molar-refractivity contribution < 1.29 is 33.1 Å². The van der Waals surface area contributed by atoms with Gasteiger partial charge in [-0.1, -0.05) is 0 Å². The number of methoxy groups -OCH3 is 1. The van der Waals surface area contributed by atoms with Crippen molar-refractivity contribution in [2.45, 2.75) is 6.92 Å². The number of esters is 1. The number of carbonyl (C=O) groups excluding carboxylic acids is 2. The third-order valence-electron chi connectivity index (χ3n) is 3.46. The molecular weight excluding hydrogens is 375 g/mol. The van der Waals surface area contributed by atoms with Crippen molar-refractivity contribution in [3.8, 4) is 11.5 Å². The number of benzene rings is 2. The molecule has 2 aromatic rings. The molecule has 0 aliphatic rings. The van der Waals surface area contributed by atoms with Crippen LogP contribution in [-0.2, 0) is 9.53 Å². The molecule has 0 bridgehead atoms. The number of ether oxygens (including phenoxy) is 3. The average Bonchev–Trinajstić information content (AvgIpc) is 2.67. The third kappa shape index (κ3) is 5.16. The number of halogens is 1. The molecule has 0 aromatic heterocycles. The average molecular weight is 392 g/mol. The number of amides is 1. The van der Waals surface area contributed by atoms with E-state index in [1.165, 1.54) is 19.2 Å². The molecule has 148 valence electrons. The number of hydrogen-bond donors (Lipinski definition) is 1. The summed E-state index contributed by atoms with van der Waals surface area (Å²) in [6.07, 6.45) is 0. The van der Waals surface area contributed by atoms with E-state index in [1.807, 2.05) is 0 Å². The molecule has 0 radical (unpaired) electrons. The summed E-state index contributed by atoms with van der Waals surface area (Å²) in [5, 5.41) is 13.7. The Kier molecular flexibility index (Phi) is 6.85. The number of nitro groups is 1. The number of carbonyl (C=O) groups is 2. The van der Waals surface area contributed by atoms with Crippen molar-refractivity contribution in [1.29, 1.82) is 0 Å². The van der Waals surface area contributed by atoms with Gasteiger partial charge in [-0.2, -0.15) is 0 Å². The fourth-order valence-corrected chi connectivity index (χ4v) is 2.23. The van der Waals surface area contributed by atoms with Gasteiger partial charge in [-0.05, 0) is 31.2 Å². The number of anilines is 1. The molecule has 2 rings (SSSR count). The van der Waals surface area contributed by atoms with Gasteiger partial charge in [0.15, 0.2) is 18.1 Å². The summed E-state index contributed by atoms with van der Waals surface area (Å²) in [7, 11) is 1.31. The number of rotatable bonds is 8. The van der Waals surface area contributed by atoms with Gasteiger partial charge < -0.3 is 19.5 Å². The Morgan fingerprint density at radius 1 is 1.18 bits per heavy atom. The highest BCUT2D eigenvalue weighted by molar-refractivity contribution is 5.98. The normalized spacial score (nSPS) is 10.1. The highest BCUT2D eigenvalue weighted by atomic mass is 19.1. The van der Waals surface area contributed by atoms with Gasteiger partial charge in [0.05, 0.1) is 24.7 Å². The third-order valence-corrected chi connectivity index (χ3v) is 3.46. The van der Waals surface area contributed by atoms with Crippen molar-refractivity contribution in [1.82, 2.24) is 0 Å². The van der Waals surface area contributed by atoms with Gasteiger partial charge in [0.1, 0.15) is 11.4 Å². The standard InChI is InChI=1S/C18H17FN2O7/c1-3-27-16-9-14(21(24)25)13(8-15(16)26-2)18(23)28-10-17(22)20-12-6-4-11(19)5-7-12/h4-9H,3,10H2,1-2H3,(H,20,22). The van der Waals surface area contributed by atoms with Crippen LogP contribution in [-0.4, -0.2) is 37.1 Å². The van der Waals surface area contributed by atoms with Crippen LogP contribution < -0.4 is 14.8 Å².